The number of aromatic nitrogens is 2. The molecule has 0 bridgehead atoms. The van der Waals surface area contributed by atoms with E-state index in [1.165, 1.54) is 5.56 Å². The summed E-state index contributed by atoms with van der Waals surface area (Å²) in [6.45, 7) is 0.529. The molecule has 1 unspecified atom stereocenters. The van der Waals surface area contributed by atoms with Crippen molar-refractivity contribution in [1.82, 2.24) is 20.6 Å². The number of carbonyl (C=O) groups excluding carboxylic acids is 2. The Kier molecular flexibility index (Phi) is 7.37. The van der Waals surface area contributed by atoms with Gasteiger partial charge in [-0.15, -0.1) is 0 Å². The Labute approximate surface area is 197 Å². The van der Waals surface area contributed by atoms with Crippen molar-refractivity contribution >= 4 is 34.4 Å². The van der Waals surface area contributed by atoms with E-state index in [-0.39, 0.29) is 11.8 Å². The van der Waals surface area contributed by atoms with Gasteiger partial charge in [0.25, 0.3) is 5.91 Å². The number of fused-ring (bicyclic) bond motifs is 1. The third kappa shape index (κ3) is 6.20. The largest absolute Gasteiger partial charge is 0.354 e. The molecule has 168 valence electrons. The quantitative estimate of drug-likeness (QED) is 0.325. The molecular formula is C26H25ClN4O2. The van der Waals surface area contributed by atoms with Crippen LogP contribution in [0, 0.1) is 0 Å². The van der Waals surface area contributed by atoms with E-state index in [0.717, 1.165) is 29.4 Å². The van der Waals surface area contributed by atoms with E-state index < -0.39 is 6.04 Å². The third-order valence-corrected chi connectivity index (χ3v) is 5.69. The second-order valence-corrected chi connectivity index (χ2v) is 8.31. The smallest absolute Gasteiger partial charge is 0.252 e. The van der Waals surface area contributed by atoms with Crippen molar-refractivity contribution in [3.8, 4) is 0 Å². The van der Waals surface area contributed by atoms with Gasteiger partial charge in [-0.3, -0.25) is 9.59 Å². The molecule has 1 heterocycles. The van der Waals surface area contributed by atoms with E-state index in [1.54, 1.807) is 36.7 Å². The molecule has 0 saturated carbocycles. The minimum Gasteiger partial charge on any atom is -0.354 e. The molecule has 3 N–H and O–H groups in total. The van der Waals surface area contributed by atoms with Crippen LogP contribution >= 0.6 is 11.6 Å². The summed E-state index contributed by atoms with van der Waals surface area (Å²) in [7, 11) is 0. The van der Waals surface area contributed by atoms with Crippen molar-refractivity contribution in [2.75, 3.05) is 6.54 Å². The van der Waals surface area contributed by atoms with Crippen LogP contribution in [0.5, 0.6) is 0 Å². The van der Waals surface area contributed by atoms with E-state index >= 15 is 0 Å². The molecule has 7 heteroatoms. The Morgan fingerprint density at radius 2 is 1.76 bits per heavy atom. The van der Waals surface area contributed by atoms with Crippen LogP contribution in [0.4, 0.5) is 0 Å². The number of nitrogens with one attached hydrogen (secondary N) is 3. The van der Waals surface area contributed by atoms with Crippen LogP contribution in [0.3, 0.4) is 0 Å². The number of benzene rings is 3. The average molecular weight is 461 g/mol. The fraction of sp³-hybridized carbons (Fsp3) is 0.192. The maximum absolute atomic E-state index is 13.0. The van der Waals surface area contributed by atoms with Gasteiger partial charge in [-0.25, -0.2) is 4.98 Å². The first-order chi connectivity index (χ1) is 16.1. The summed E-state index contributed by atoms with van der Waals surface area (Å²) in [6, 6.07) is 21.9. The zero-order valence-electron chi connectivity index (χ0n) is 18.1. The molecule has 4 rings (SSSR count). The Morgan fingerprint density at radius 1 is 0.970 bits per heavy atom. The number of carbonyl (C=O) groups is 2. The fourth-order valence-electron chi connectivity index (χ4n) is 3.66. The summed E-state index contributed by atoms with van der Waals surface area (Å²) in [5.74, 6) is -0.529. The number of rotatable bonds is 9. The van der Waals surface area contributed by atoms with Gasteiger partial charge in [0.15, 0.2) is 0 Å². The zero-order chi connectivity index (χ0) is 23.0. The monoisotopic (exact) mass is 460 g/mol. The SMILES string of the molecule is O=C(NC(Cc1ccc(Cl)cc1)C(=O)NCCCc1ccccc1)c1ccc2nc[nH]c2c1. The molecule has 6 nitrogen and oxygen atoms in total. The van der Waals surface area contributed by atoms with Gasteiger partial charge in [-0.1, -0.05) is 54.1 Å². The molecule has 0 saturated heterocycles. The van der Waals surface area contributed by atoms with Crippen molar-refractivity contribution < 1.29 is 9.59 Å². The number of halogens is 1. The molecular weight excluding hydrogens is 436 g/mol. The van der Waals surface area contributed by atoms with E-state index in [1.807, 2.05) is 30.3 Å². The summed E-state index contributed by atoms with van der Waals surface area (Å²) < 4.78 is 0. The zero-order valence-corrected chi connectivity index (χ0v) is 18.8. The highest BCUT2D eigenvalue weighted by Gasteiger charge is 2.22. The number of amides is 2. The molecule has 4 aromatic rings. The Balaban J connectivity index is 1.41. The van der Waals surface area contributed by atoms with Crippen molar-refractivity contribution in [1.29, 1.82) is 0 Å². The maximum Gasteiger partial charge on any atom is 0.252 e. The molecule has 1 atom stereocenters. The summed E-state index contributed by atoms with van der Waals surface area (Å²) in [6.07, 6.45) is 3.63. The lowest BCUT2D eigenvalue weighted by Gasteiger charge is -2.19. The molecule has 0 spiro atoms. The highest BCUT2D eigenvalue weighted by atomic mass is 35.5. The van der Waals surface area contributed by atoms with Crippen molar-refractivity contribution in [3.63, 3.8) is 0 Å². The van der Waals surface area contributed by atoms with Gasteiger partial charge in [0, 0.05) is 23.6 Å². The number of aromatic amines is 1. The van der Waals surface area contributed by atoms with Crippen LogP contribution < -0.4 is 10.6 Å². The highest BCUT2D eigenvalue weighted by molar-refractivity contribution is 6.30. The second-order valence-electron chi connectivity index (χ2n) is 7.87. The maximum atomic E-state index is 13.0. The molecule has 3 aromatic carbocycles. The van der Waals surface area contributed by atoms with Crippen LogP contribution in [0.2, 0.25) is 5.02 Å². The van der Waals surface area contributed by atoms with Crippen LogP contribution in [0.25, 0.3) is 11.0 Å². The molecule has 1 aromatic heterocycles. The lowest BCUT2D eigenvalue weighted by Crippen LogP contribution is -2.48. The van der Waals surface area contributed by atoms with Gasteiger partial charge in [0.2, 0.25) is 5.91 Å². The standard InChI is InChI=1S/C26H25ClN4O2/c27-21-11-8-19(9-12-21)15-24(26(33)28-14-4-7-18-5-2-1-3-6-18)31-25(32)20-10-13-22-23(16-20)30-17-29-22/h1-3,5-6,8-13,16-17,24H,4,7,14-15H2,(H,28,33)(H,29,30)(H,31,32). The van der Waals surface area contributed by atoms with Crippen LogP contribution in [-0.2, 0) is 17.6 Å². The molecule has 0 aliphatic carbocycles. The first-order valence-corrected chi connectivity index (χ1v) is 11.3. The first-order valence-electron chi connectivity index (χ1n) is 10.9. The van der Waals surface area contributed by atoms with Gasteiger partial charge in [0.1, 0.15) is 6.04 Å². The summed E-state index contributed by atoms with van der Waals surface area (Å²) in [5, 5.41) is 6.49. The number of H-pyrrole nitrogens is 1. The third-order valence-electron chi connectivity index (χ3n) is 5.44. The molecule has 0 fully saturated rings. The molecule has 2 amide bonds. The number of imidazole rings is 1. The first kappa shape index (κ1) is 22.6. The van der Waals surface area contributed by atoms with Gasteiger partial charge in [0.05, 0.1) is 17.4 Å². The Morgan fingerprint density at radius 3 is 2.55 bits per heavy atom. The van der Waals surface area contributed by atoms with Crippen molar-refractivity contribution in [2.24, 2.45) is 0 Å². The number of hydrogen-bond acceptors (Lipinski definition) is 3. The second kappa shape index (κ2) is 10.8. The molecule has 33 heavy (non-hydrogen) atoms. The van der Waals surface area contributed by atoms with E-state index in [9.17, 15) is 9.59 Å². The summed E-state index contributed by atoms with van der Waals surface area (Å²) >= 11 is 5.99. The Hall–Kier alpha value is -3.64. The van der Waals surface area contributed by atoms with Gasteiger partial charge < -0.3 is 15.6 Å². The minimum atomic E-state index is -0.715. The number of aryl methyl sites for hydroxylation is 1. The average Bonchev–Trinajstić information content (AvgIpc) is 3.31. The summed E-state index contributed by atoms with van der Waals surface area (Å²) in [5.41, 5.74) is 4.15. The number of nitrogens with zero attached hydrogens (tertiary/aromatic N) is 1. The molecule has 0 radical (unpaired) electrons. The fourth-order valence-corrected chi connectivity index (χ4v) is 3.78. The summed E-state index contributed by atoms with van der Waals surface area (Å²) in [4.78, 5) is 33.1. The number of hydrogen-bond donors (Lipinski definition) is 3. The molecule has 0 aliphatic rings. The van der Waals surface area contributed by atoms with E-state index in [4.69, 9.17) is 11.6 Å². The van der Waals surface area contributed by atoms with Gasteiger partial charge >= 0.3 is 0 Å². The topological polar surface area (TPSA) is 86.9 Å². The van der Waals surface area contributed by atoms with Crippen LogP contribution in [0.15, 0.2) is 79.1 Å². The van der Waals surface area contributed by atoms with E-state index in [2.05, 4.69) is 32.7 Å². The normalized spacial score (nSPS) is 11.8. The van der Waals surface area contributed by atoms with Crippen LogP contribution in [0.1, 0.15) is 27.9 Å². The van der Waals surface area contributed by atoms with Crippen LogP contribution in [-0.4, -0.2) is 34.4 Å². The van der Waals surface area contributed by atoms with Crippen molar-refractivity contribution in [2.45, 2.75) is 25.3 Å². The van der Waals surface area contributed by atoms with E-state index in [0.29, 0.717) is 23.6 Å². The molecule has 0 aliphatic heterocycles. The van der Waals surface area contributed by atoms with Crippen molar-refractivity contribution in [3.05, 3.63) is 101 Å². The predicted molar refractivity (Wildman–Crippen MR) is 130 cm³/mol. The lowest BCUT2D eigenvalue weighted by atomic mass is 10.0. The van der Waals surface area contributed by atoms with Gasteiger partial charge in [-0.2, -0.15) is 0 Å². The Bertz CT molecular complexity index is 1220. The lowest BCUT2D eigenvalue weighted by molar-refractivity contribution is -0.122. The van der Waals surface area contributed by atoms with Gasteiger partial charge in [-0.05, 0) is 54.3 Å². The predicted octanol–water partition coefficient (Wildman–Crippen LogP) is 4.31. The highest BCUT2D eigenvalue weighted by Crippen LogP contribution is 2.14. The minimum absolute atomic E-state index is 0.214.